The minimum atomic E-state index is -0.800. The summed E-state index contributed by atoms with van der Waals surface area (Å²) in [5, 5.41) is 6.39. The summed E-state index contributed by atoms with van der Waals surface area (Å²) in [7, 11) is 0. The van der Waals surface area contributed by atoms with Crippen molar-refractivity contribution in [2.24, 2.45) is 0 Å². The first-order valence-corrected chi connectivity index (χ1v) is 9.55. The highest BCUT2D eigenvalue weighted by Gasteiger charge is 2.45. The SMILES string of the molecule is CC1(C(=O)NCc2ccc3c(c2)CNC3)CCCN1C(=O)c1ccccc1.Cl. The number of amides is 2. The average Bonchev–Trinajstić information content (AvgIpc) is 3.32. The van der Waals surface area contributed by atoms with Crippen LogP contribution in [0.2, 0.25) is 0 Å². The number of benzene rings is 2. The molecular weight excluding hydrogens is 374 g/mol. The van der Waals surface area contributed by atoms with Gasteiger partial charge >= 0.3 is 0 Å². The summed E-state index contributed by atoms with van der Waals surface area (Å²) in [4.78, 5) is 27.6. The van der Waals surface area contributed by atoms with E-state index in [2.05, 4.69) is 28.8 Å². The van der Waals surface area contributed by atoms with E-state index in [0.29, 0.717) is 25.1 Å². The van der Waals surface area contributed by atoms with E-state index in [9.17, 15) is 9.59 Å². The van der Waals surface area contributed by atoms with Crippen LogP contribution in [0.15, 0.2) is 48.5 Å². The number of carbonyl (C=O) groups excluding carboxylic acids is 2. The summed E-state index contributed by atoms with van der Waals surface area (Å²) in [6.45, 7) is 4.77. The van der Waals surface area contributed by atoms with Gasteiger partial charge in [0.05, 0.1) is 0 Å². The van der Waals surface area contributed by atoms with Crippen molar-refractivity contribution in [1.82, 2.24) is 15.5 Å². The number of hydrogen-bond donors (Lipinski definition) is 2. The average molecular weight is 400 g/mol. The predicted molar refractivity (Wildman–Crippen MR) is 111 cm³/mol. The van der Waals surface area contributed by atoms with Crippen LogP contribution in [0.4, 0.5) is 0 Å². The second kappa shape index (κ2) is 8.33. The Morgan fingerprint density at radius 2 is 1.86 bits per heavy atom. The van der Waals surface area contributed by atoms with Crippen LogP contribution in [-0.2, 0) is 24.4 Å². The standard InChI is InChI=1S/C22H25N3O2.ClH/c1-22(10-5-11-25(22)20(26)17-6-3-2-4-7-17)21(27)24-13-16-8-9-18-14-23-15-19(18)12-16;/h2-4,6-9,12,23H,5,10-11,13-15H2,1H3,(H,24,27);1H. The van der Waals surface area contributed by atoms with Gasteiger partial charge in [-0.25, -0.2) is 0 Å². The third kappa shape index (κ3) is 3.77. The Morgan fingerprint density at radius 3 is 2.64 bits per heavy atom. The Labute approximate surface area is 171 Å². The summed E-state index contributed by atoms with van der Waals surface area (Å²) in [6.07, 6.45) is 1.53. The molecule has 0 spiro atoms. The molecule has 5 nitrogen and oxygen atoms in total. The minimum absolute atomic E-state index is 0. The van der Waals surface area contributed by atoms with Gasteiger partial charge in [0.1, 0.15) is 5.54 Å². The van der Waals surface area contributed by atoms with Gasteiger partial charge in [0.25, 0.3) is 5.91 Å². The van der Waals surface area contributed by atoms with Crippen LogP contribution in [0, 0.1) is 0 Å². The lowest BCUT2D eigenvalue weighted by Crippen LogP contribution is -2.55. The molecule has 148 valence electrons. The smallest absolute Gasteiger partial charge is 0.254 e. The van der Waals surface area contributed by atoms with Gasteiger partial charge in [-0.3, -0.25) is 9.59 Å². The van der Waals surface area contributed by atoms with Crippen LogP contribution in [0.3, 0.4) is 0 Å². The van der Waals surface area contributed by atoms with Gasteiger partial charge in [-0.15, -0.1) is 12.4 Å². The monoisotopic (exact) mass is 399 g/mol. The number of likely N-dealkylation sites (tertiary alicyclic amines) is 1. The highest BCUT2D eigenvalue weighted by Crippen LogP contribution is 2.31. The van der Waals surface area contributed by atoms with Crippen molar-refractivity contribution in [2.75, 3.05) is 6.54 Å². The molecule has 28 heavy (non-hydrogen) atoms. The molecule has 2 heterocycles. The van der Waals surface area contributed by atoms with Gasteiger partial charge in [-0.2, -0.15) is 0 Å². The minimum Gasteiger partial charge on any atom is -0.350 e. The van der Waals surface area contributed by atoms with Crippen LogP contribution < -0.4 is 10.6 Å². The van der Waals surface area contributed by atoms with E-state index in [1.165, 1.54) is 11.1 Å². The first-order chi connectivity index (χ1) is 13.1. The van der Waals surface area contributed by atoms with Gasteiger partial charge in [0, 0.05) is 31.7 Å². The molecule has 2 aromatic carbocycles. The Hall–Kier alpha value is -2.37. The Morgan fingerprint density at radius 1 is 1.11 bits per heavy atom. The summed E-state index contributed by atoms with van der Waals surface area (Å²) < 4.78 is 0. The summed E-state index contributed by atoms with van der Waals surface area (Å²) >= 11 is 0. The van der Waals surface area contributed by atoms with E-state index < -0.39 is 5.54 Å². The molecule has 6 heteroatoms. The van der Waals surface area contributed by atoms with Crippen molar-refractivity contribution in [2.45, 2.75) is 44.9 Å². The summed E-state index contributed by atoms with van der Waals surface area (Å²) in [5.74, 6) is -0.155. The van der Waals surface area contributed by atoms with Crippen LogP contribution in [0.25, 0.3) is 0 Å². The molecule has 2 N–H and O–H groups in total. The number of nitrogens with zero attached hydrogens (tertiary/aromatic N) is 1. The number of carbonyl (C=O) groups is 2. The van der Waals surface area contributed by atoms with E-state index >= 15 is 0 Å². The highest BCUT2D eigenvalue weighted by molar-refractivity contribution is 5.99. The molecule has 2 aliphatic rings. The molecule has 0 saturated carbocycles. The lowest BCUT2D eigenvalue weighted by Gasteiger charge is -2.34. The van der Waals surface area contributed by atoms with E-state index in [1.807, 2.05) is 25.1 Å². The quantitative estimate of drug-likeness (QED) is 0.830. The number of nitrogens with one attached hydrogen (secondary N) is 2. The maximum Gasteiger partial charge on any atom is 0.254 e. The zero-order valence-corrected chi connectivity index (χ0v) is 16.8. The molecule has 0 aliphatic carbocycles. The number of halogens is 1. The van der Waals surface area contributed by atoms with Crippen LogP contribution in [0.1, 0.15) is 46.8 Å². The summed E-state index contributed by atoms with van der Waals surface area (Å²) in [6, 6.07) is 15.5. The van der Waals surface area contributed by atoms with Gasteiger partial charge in [0.15, 0.2) is 0 Å². The van der Waals surface area contributed by atoms with Crippen LogP contribution in [0.5, 0.6) is 0 Å². The number of rotatable bonds is 4. The molecule has 2 amide bonds. The number of fused-ring (bicyclic) bond motifs is 1. The van der Waals surface area contributed by atoms with Crippen molar-refractivity contribution in [3.8, 4) is 0 Å². The molecule has 1 fully saturated rings. The Kier molecular flexibility index (Phi) is 6.06. The lowest BCUT2D eigenvalue weighted by atomic mass is 9.96. The molecular formula is C22H26ClN3O2. The molecule has 1 unspecified atom stereocenters. The maximum atomic E-state index is 13.0. The zero-order valence-electron chi connectivity index (χ0n) is 16.0. The fourth-order valence-electron chi connectivity index (χ4n) is 4.09. The van der Waals surface area contributed by atoms with Crippen LogP contribution >= 0.6 is 12.4 Å². The molecule has 0 aromatic heterocycles. The normalized spacial score (nSPS) is 20.4. The molecule has 2 aromatic rings. The molecule has 1 atom stereocenters. The molecule has 0 radical (unpaired) electrons. The van der Waals surface area contributed by atoms with E-state index in [-0.39, 0.29) is 24.2 Å². The third-order valence-corrected chi connectivity index (χ3v) is 5.75. The lowest BCUT2D eigenvalue weighted by molar-refractivity contribution is -0.130. The first-order valence-electron chi connectivity index (χ1n) is 9.55. The first kappa shape index (κ1) is 20.4. The topological polar surface area (TPSA) is 61.4 Å². The second-order valence-electron chi connectivity index (χ2n) is 7.59. The van der Waals surface area contributed by atoms with E-state index in [4.69, 9.17) is 0 Å². The number of hydrogen-bond acceptors (Lipinski definition) is 3. The van der Waals surface area contributed by atoms with Crippen molar-refractivity contribution in [3.63, 3.8) is 0 Å². The van der Waals surface area contributed by atoms with Gasteiger partial charge in [-0.05, 0) is 48.6 Å². The molecule has 4 rings (SSSR count). The maximum absolute atomic E-state index is 13.0. The van der Waals surface area contributed by atoms with E-state index in [0.717, 1.165) is 25.1 Å². The largest absolute Gasteiger partial charge is 0.350 e. The highest BCUT2D eigenvalue weighted by atomic mass is 35.5. The predicted octanol–water partition coefficient (Wildman–Crippen LogP) is 3.02. The van der Waals surface area contributed by atoms with Crippen molar-refractivity contribution in [3.05, 3.63) is 70.8 Å². The second-order valence-corrected chi connectivity index (χ2v) is 7.59. The molecule has 2 aliphatic heterocycles. The van der Waals surface area contributed by atoms with Gasteiger partial charge in [0.2, 0.25) is 5.91 Å². The van der Waals surface area contributed by atoms with Crippen molar-refractivity contribution >= 4 is 24.2 Å². The van der Waals surface area contributed by atoms with E-state index in [1.54, 1.807) is 17.0 Å². The fraction of sp³-hybridized carbons (Fsp3) is 0.364. The Balaban J connectivity index is 0.00000225. The molecule has 1 saturated heterocycles. The zero-order chi connectivity index (χ0) is 18.9. The fourth-order valence-corrected chi connectivity index (χ4v) is 4.09. The van der Waals surface area contributed by atoms with Gasteiger partial charge < -0.3 is 15.5 Å². The van der Waals surface area contributed by atoms with Crippen molar-refractivity contribution in [1.29, 1.82) is 0 Å². The van der Waals surface area contributed by atoms with Crippen molar-refractivity contribution < 1.29 is 9.59 Å². The van der Waals surface area contributed by atoms with Crippen LogP contribution in [-0.4, -0.2) is 28.8 Å². The summed E-state index contributed by atoms with van der Waals surface area (Å²) in [5.41, 5.74) is 3.55. The third-order valence-electron chi connectivity index (χ3n) is 5.75. The Bertz CT molecular complexity index is 871. The molecule has 0 bridgehead atoms. The van der Waals surface area contributed by atoms with Gasteiger partial charge in [-0.1, -0.05) is 36.4 Å².